The first-order valence-electron chi connectivity index (χ1n) is 14.6. The molecular weight excluding hydrogens is 617 g/mol. The fraction of sp³-hybridized carbons (Fsp3) is 0.406. The third-order valence-electron chi connectivity index (χ3n) is 8.55. The number of amides is 1. The predicted molar refractivity (Wildman–Crippen MR) is 157 cm³/mol. The topological polar surface area (TPSA) is 110 Å². The Balaban J connectivity index is 1.43. The molecule has 5 rings (SSSR count). The summed E-state index contributed by atoms with van der Waals surface area (Å²) in [6.45, 7) is 2.95. The van der Waals surface area contributed by atoms with Crippen molar-refractivity contribution in [3.63, 3.8) is 0 Å². The van der Waals surface area contributed by atoms with Crippen molar-refractivity contribution in [1.82, 2.24) is 9.88 Å². The number of halogens is 5. The Bertz CT molecular complexity index is 1730. The molecule has 3 heterocycles. The van der Waals surface area contributed by atoms with Gasteiger partial charge in [-0.25, -0.2) is 13.6 Å². The standard InChI is InChI=1S/C32H32F5N3O6/c1-16-11-22(30(42)39(3)17(16)2)21-7-6-18(20-5-4-9-46-28(20)21)12-25(31(43)44)38-29(41)27-23(33)13-19(14-24(27)34)40-8-10-45-15-26(40)32(35,36)37/h6-7,11,13-14,25-26H,4-5,8-10,12,15H2,1-3H3,(H,38,41)(H,43,44)/t25-,26+/m0/s1. The summed E-state index contributed by atoms with van der Waals surface area (Å²) in [5, 5.41) is 12.1. The minimum Gasteiger partial charge on any atom is -0.493 e. The van der Waals surface area contributed by atoms with Crippen molar-refractivity contribution in [3.05, 3.63) is 80.3 Å². The molecule has 1 amide bonds. The average Bonchev–Trinajstić information content (AvgIpc) is 3.01. The lowest BCUT2D eigenvalue weighted by Crippen LogP contribution is -2.53. The van der Waals surface area contributed by atoms with Gasteiger partial charge in [0, 0.05) is 37.0 Å². The minimum absolute atomic E-state index is 0.102. The Hall–Kier alpha value is -4.46. The number of carboxylic acids is 1. The fourth-order valence-electron chi connectivity index (χ4n) is 5.88. The van der Waals surface area contributed by atoms with Gasteiger partial charge in [-0.15, -0.1) is 0 Å². The van der Waals surface area contributed by atoms with E-state index in [1.165, 1.54) is 4.57 Å². The molecule has 9 nitrogen and oxygen atoms in total. The molecular formula is C32H32F5N3O6. The molecule has 46 heavy (non-hydrogen) atoms. The van der Waals surface area contributed by atoms with Gasteiger partial charge in [0.1, 0.15) is 35.0 Å². The van der Waals surface area contributed by atoms with Crippen LogP contribution in [0.5, 0.6) is 5.75 Å². The quantitative estimate of drug-likeness (QED) is 0.364. The zero-order valence-corrected chi connectivity index (χ0v) is 25.3. The summed E-state index contributed by atoms with van der Waals surface area (Å²) in [4.78, 5) is 39.1. The largest absolute Gasteiger partial charge is 0.493 e. The molecule has 246 valence electrons. The predicted octanol–water partition coefficient (Wildman–Crippen LogP) is 4.47. The summed E-state index contributed by atoms with van der Waals surface area (Å²) in [6.07, 6.45) is -3.91. The molecule has 2 aromatic carbocycles. The first-order chi connectivity index (χ1) is 21.7. The highest BCUT2D eigenvalue weighted by atomic mass is 19.4. The Morgan fingerprint density at radius 1 is 1.09 bits per heavy atom. The van der Waals surface area contributed by atoms with E-state index in [0.717, 1.165) is 16.2 Å². The number of pyridine rings is 1. The summed E-state index contributed by atoms with van der Waals surface area (Å²) >= 11 is 0. The van der Waals surface area contributed by atoms with Crippen molar-refractivity contribution >= 4 is 17.6 Å². The number of alkyl halides is 3. The zero-order chi connectivity index (χ0) is 33.5. The lowest BCUT2D eigenvalue weighted by Gasteiger charge is -2.38. The smallest absolute Gasteiger partial charge is 0.411 e. The van der Waals surface area contributed by atoms with Crippen LogP contribution in [0.1, 0.15) is 39.2 Å². The van der Waals surface area contributed by atoms with Crippen LogP contribution in [-0.2, 0) is 29.4 Å². The Labute approximate surface area is 260 Å². The van der Waals surface area contributed by atoms with Crippen molar-refractivity contribution in [2.75, 3.05) is 31.3 Å². The first kappa shape index (κ1) is 32.9. The van der Waals surface area contributed by atoms with Crippen LogP contribution in [0.4, 0.5) is 27.6 Å². The number of ether oxygens (including phenoxy) is 2. The Kier molecular flexibility index (Phi) is 9.12. The second-order valence-corrected chi connectivity index (χ2v) is 11.4. The van der Waals surface area contributed by atoms with Crippen LogP contribution in [0, 0.1) is 25.5 Å². The van der Waals surface area contributed by atoms with Crippen LogP contribution in [0.3, 0.4) is 0 Å². The molecule has 0 aliphatic carbocycles. The highest BCUT2D eigenvalue weighted by Crippen LogP contribution is 2.38. The highest BCUT2D eigenvalue weighted by Gasteiger charge is 2.46. The molecule has 0 saturated carbocycles. The molecule has 0 unspecified atom stereocenters. The molecule has 0 radical (unpaired) electrons. The van der Waals surface area contributed by atoms with Crippen molar-refractivity contribution in [3.8, 4) is 16.9 Å². The number of hydrogen-bond acceptors (Lipinski definition) is 6. The highest BCUT2D eigenvalue weighted by molar-refractivity contribution is 5.97. The zero-order valence-electron chi connectivity index (χ0n) is 25.3. The number of benzene rings is 2. The van der Waals surface area contributed by atoms with Crippen LogP contribution in [0.15, 0.2) is 35.1 Å². The van der Waals surface area contributed by atoms with E-state index in [2.05, 4.69) is 5.32 Å². The van der Waals surface area contributed by atoms with Gasteiger partial charge in [-0.3, -0.25) is 9.59 Å². The molecule has 1 fully saturated rings. The van der Waals surface area contributed by atoms with Gasteiger partial charge in [0.25, 0.3) is 11.5 Å². The normalized spacial score (nSPS) is 17.2. The summed E-state index contributed by atoms with van der Waals surface area (Å²) in [5.74, 6) is -5.34. The van der Waals surface area contributed by atoms with E-state index in [4.69, 9.17) is 9.47 Å². The molecule has 3 aromatic rings. The SMILES string of the molecule is Cc1cc(-c2ccc(C[C@H](NC(=O)c3c(F)cc(N4CCOC[C@@H]4C(F)(F)F)cc3F)C(=O)O)c3c2OCCC3)c(=O)n(C)c1C. The van der Waals surface area contributed by atoms with Gasteiger partial charge in [0.2, 0.25) is 0 Å². The summed E-state index contributed by atoms with van der Waals surface area (Å²) < 4.78 is 83.2. The third kappa shape index (κ3) is 6.30. The van der Waals surface area contributed by atoms with Crippen molar-refractivity contribution in [2.24, 2.45) is 7.05 Å². The Morgan fingerprint density at radius 2 is 1.78 bits per heavy atom. The number of morpholine rings is 1. The number of hydrogen-bond donors (Lipinski definition) is 2. The lowest BCUT2D eigenvalue weighted by molar-refractivity contribution is -0.167. The molecule has 2 atom stereocenters. The number of rotatable bonds is 7. The van der Waals surface area contributed by atoms with Gasteiger partial charge >= 0.3 is 12.1 Å². The summed E-state index contributed by atoms with van der Waals surface area (Å²) in [5.41, 5.74) is 1.98. The summed E-state index contributed by atoms with van der Waals surface area (Å²) in [6, 6.07) is 2.49. The van der Waals surface area contributed by atoms with Gasteiger partial charge in [-0.1, -0.05) is 12.1 Å². The third-order valence-corrected chi connectivity index (χ3v) is 8.55. The number of fused-ring (bicyclic) bond motifs is 1. The van der Waals surface area contributed by atoms with E-state index in [9.17, 15) is 32.7 Å². The van der Waals surface area contributed by atoms with Gasteiger partial charge in [-0.05, 0) is 61.6 Å². The van der Waals surface area contributed by atoms with Crippen molar-refractivity contribution in [1.29, 1.82) is 0 Å². The lowest BCUT2D eigenvalue weighted by atomic mass is 9.90. The van der Waals surface area contributed by atoms with Crippen LogP contribution >= 0.6 is 0 Å². The molecule has 1 saturated heterocycles. The van der Waals surface area contributed by atoms with Crippen molar-refractivity contribution in [2.45, 2.75) is 51.4 Å². The molecule has 2 N–H and O–H groups in total. The number of anilines is 1. The number of aryl methyl sites for hydroxylation is 1. The minimum atomic E-state index is -4.74. The monoisotopic (exact) mass is 649 g/mol. The summed E-state index contributed by atoms with van der Waals surface area (Å²) in [7, 11) is 1.66. The first-order valence-corrected chi connectivity index (χ1v) is 14.6. The maximum atomic E-state index is 15.1. The van der Waals surface area contributed by atoms with E-state index >= 15 is 8.78 Å². The molecule has 0 bridgehead atoms. The number of nitrogens with zero attached hydrogens (tertiary/aromatic N) is 2. The molecule has 1 aromatic heterocycles. The van der Waals surface area contributed by atoms with Crippen LogP contribution in [-0.4, -0.2) is 66.2 Å². The maximum absolute atomic E-state index is 15.1. The average molecular weight is 650 g/mol. The number of carbonyl (C=O) groups is 2. The van der Waals surface area contributed by atoms with E-state index in [-0.39, 0.29) is 25.1 Å². The van der Waals surface area contributed by atoms with Crippen LogP contribution in [0.2, 0.25) is 0 Å². The van der Waals surface area contributed by atoms with Crippen molar-refractivity contribution < 1.29 is 46.1 Å². The number of carboxylic acid groups (broad SMARTS) is 1. The van der Waals surface area contributed by atoms with Gasteiger partial charge in [0.15, 0.2) is 0 Å². The second-order valence-electron chi connectivity index (χ2n) is 11.4. The van der Waals surface area contributed by atoms with E-state index in [0.29, 0.717) is 59.6 Å². The molecule has 0 spiro atoms. The van der Waals surface area contributed by atoms with Crippen LogP contribution < -0.4 is 20.5 Å². The maximum Gasteiger partial charge on any atom is 0.411 e. The fourth-order valence-corrected chi connectivity index (χ4v) is 5.88. The second kappa shape index (κ2) is 12.7. The van der Waals surface area contributed by atoms with Crippen LogP contribution in [0.25, 0.3) is 11.1 Å². The van der Waals surface area contributed by atoms with E-state index < -0.39 is 59.6 Å². The van der Waals surface area contributed by atoms with Gasteiger partial charge in [0.05, 0.1) is 25.4 Å². The molecule has 2 aliphatic heterocycles. The number of carbonyl (C=O) groups excluding carboxylic acids is 1. The number of nitrogens with one attached hydrogen (secondary N) is 1. The molecule has 2 aliphatic rings. The number of aromatic nitrogens is 1. The van der Waals surface area contributed by atoms with E-state index in [1.54, 1.807) is 25.2 Å². The van der Waals surface area contributed by atoms with E-state index in [1.807, 2.05) is 13.8 Å². The Morgan fingerprint density at radius 3 is 2.43 bits per heavy atom. The van der Waals surface area contributed by atoms with Gasteiger partial charge < -0.3 is 29.4 Å². The van der Waals surface area contributed by atoms with Gasteiger partial charge in [-0.2, -0.15) is 13.2 Å². The number of aliphatic carboxylic acids is 1. The molecule has 14 heteroatoms.